The van der Waals surface area contributed by atoms with Gasteiger partial charge >= 0.3 is 0 Å². The van der Waals surface area contributed by atoms with Gasteiger partial charge in [0.2, 0.25) is 0 Å². The lowest BCUT2D eigenvalue weighted by molar-refractivity contribution is 0.203. The number of benzene rings is 1. The average Bonchev–Trinajstić information content (AvgIpc) is 2.52. The van der Waals surface area contributed by atoms with Gasteiger partial charge in [0.25, 0.3) is 0 Å². The van der Waals surface area contributed by atoms with Crippen molar-refractivity contribution in [1.82, 2.24) is 10.6 Å². The van der Waals surface area contributed by atoms with Crippen molar-refractivity contribution in [3.05, 3.63) is 30.1 Å². The van der Waals surface area contributed by atoms with E-state index in [9.17, 15) is 4.39 Å². The molecule has 5 nitrogen and oxygen atoms in total. The summed E-state index contributed by atoms with van der Waals surface area (Å²) in [5.74, 6) is 0.594. The Morgan fingerprint density at radius 2 is 2.04 bits per heavy atom. The zero-order chi connectivity index (χ0) is 16.2. The summed E-state index contributed by atoms with van der Waals surface area (Å²) in [6.45, 7) is 5.63. The Bertz CT molecular complexity index is 459. The summed E-state index contributed by atoms with van der Waals surface area (Å²) in [4.78, 5) is 6.40. The highest BCUT2D eigenvalue weighted by Gasteiger charge is 2.05. The standard InChI is InChI=1S/C16H27FN4O.HI/c1-4-18-16(20-11-13-22-3)19-10-7-12-21(2)15-9-6-5-8-14(15)17;/h5-6,8-9H,4,7,10-13H2,1-3H3,(H2,18,19,20);1H. The summed E-state index contributed by atoms with van der Waals surface area (Å²) in [6, 6.07) is 6.81. The van der Waals surface area contributed by atoms with Crippen LogP contribution in [-0.2, 0) is 4.74 Å². The van der Waals surface area contributed by atoms with Crippen molar-refractivity contribution in [2.24, 2.45) is 4.99 Å². The third-order valence-electron chi connectivity index (χ3n) is 3.13. The number of ether oxygens (including phenoxy) is 1. The minimum Gasteiger partial charge on any atom is -0.383 e. The molecule has 0 saturated heterocycles. The van der Waals surface area contributed by atoms with Gasteiger partial charge in [0.05, 0.1) is 12.3 Å². The van der Waals surface area contributed by atoms with E-state index in [1.54, 1.807) is 19.2 Å². The highest BCUT2D eigenvalue weighted by molar-refractivity contribution is 14.0. The summed E-state index contributed by atoms with van der Waals surface area (Å²) in [7, 11) is 3.56. The number of aliphatic imine (C=N–C) groups is 1. The van der Waals surface area contributed by atoms with Crippen molar-refractivity contribution in [1.29, 1.82) is 0 Å². The molecule has 0 aliphatic heterocycles. The maximum absolute atomic E-state index is 13.6. The largest absolute Gasteiger partial charge is 0.383 e. The van der Waals surface area contributed by atoms with Crippen LogP contribution in [0.25, 0.3) is 0 Å². The first kappa shape index (κ1) is 21.9. The first-order valence-electron chi connectivity index (χ1n) is 7.65. The Hall–Kier alpha value is -1.09. The van der Waals surface area contributed by atoms with E-state index >= 15 is 0 Å². The second-order valence-electron chi connectivity index (χ2n) is 4.91. The fraction of sp³-hybridized carbons (Fsp3) is 0.562. The van der Waals surface area contributed by atoms with Gasteiger partial charge in [-0.3, -0.25) is 4.99 Å². The lowest BCUT2D eigenvalue weighted by atomic mass is 10.2. The maximum Gasteiger partial charge on any atom is 0.191 e. The van der Waals surface area contributed by atoms with Crippen LogP contribution in [0.3, 0.4) is 0 Å². The Labute approximate surface area is 155 Å². The first-order chi connectivity index (χ1) is 10.7. The number of nitrogens with one attached hydrogen (secondary N) is 2. The highest BCUT2D eigenvalue weighted by atomic mass is 127. The Morgan fingerprint density at radius 3 is 2.70 bits per heavy atom. The highest BCUT2D eigenvalue weighted by Crippen LogP contribution is 2.16. The molecule has 1 aromatic carbocycles. The molecule has 2 N–H and O–H groups in total. The Morgan fingerprint density at radius 1 is 1.30 bits per heavy atom. The molecule has 1 aromatic rings. The van der Waals surface area contributed by atoms with Crippen LogP contribution in [0.15, 0.2) is 29.3 Å². The van der Waals surface area contributed by atoms with E-state index in [2.05, 4.69) is 15.6 Å². The van der Waals surface area contributed by atoms with Crippen LogP contribution in [0.5, 0.6) is 0 Å². The van der Waals surface area contributed by atoms with E-state index in [4.69, 9.17) is 4.74 Å². The summed E-state index contributed by atoms with van der Waals surface area (Å²) < 4.78 is 18.6. The van der Waals surface area contributed by atoms with Crippen LogP contribution in [0, 0.1) is 5.82 Å². The second-order valence-corrected chi connectivity index (χ2v) is 4.91. The van der Waals surface area contributed by atoms with Gasteiger partial charge in [-0.05, 0) is 25.5 Å². The molecule has 132 valence electrons. The lowest BCUT2D eigenvalue weighted by Crippen LogP contribution is -2.39. The van der Waals surface area contributed by atoms with Gasteiger partial charge < -0.3 is 20.3 Å². The summed E-state index contributed by atoms with van der Waals surface area (Å²) in [5, 5.41) is 6.37. The number of methoxy groups -OCH3 is 1. The molecule has 0 aromatic heterocycles. The molecule has 0 heterocycles. The molecule has 23 heavy (non-hydrogen) atoms. The second kappa shape index (κ2) is 13.4. The monoisotopic (exact) mass is 438 g/mol. The molecule has 7 heteroatoms. The molecule has 0 amide bonds. The Kier molecular flexibility index (Phi) is 12.7. The van der Waals surface area contributed by atoms with E-state index in [-0.39, 0.29) is 29.8 Å². The normalized spacial score (nSPS) is 10.9. The van der Waals surface area contributed by atoms with Crippen molar-refractivity contribution in [2.45, 2.75) is 13.3 Å². The third-order valence-corrected chi connectivity index (χ3v) is 3.13. The quantitative estimate of drug-likeness (QED) is 0.269. The molecule has 0 atom stereocenters. The van der Waals surface area contributed by atoms with Gasteiger partial charge in [-0.25, -0.2) is 4.39 Å². The Balaban J connectivity index is 0.00000484. The number of para-hydroxylation sites is 1. The van der Waals surface area contributed by atoms with Crippen LogP contribution in [0.4, 0.5) is 10.1 Å². The molecule has 0 aliphatic rings. The summed E-state index contributed by atoms with van der Waals surface area (Å²) in [5.41, 5.74) is 0.622. The molecule has 1 rings (SSSR count). The van der Waals surface area contributed by atoms with Crippen molar-refractivity contribution in [3.8, 4) is 0 Å². The van der Waals surface area contributed by atoms with Crippen LogP contribution in [-0.4, -0.2) is 52.9 Å². The van der Waals surface area contributed by atoms with Gasteiger partial charge in [-0.15, -0.1) is 24.0 Å². The molecule has 0 fully saturated rings. The number of guanidine groups is 1. The van der Waals surface area contributed by atoms with Crippen molar-refractivity contribution >= 4 is 35.6 Å². The summed E-state index contributed by atoms with van der Waals surface area (Å²) >= 11 is 0. The van der Waals surface area contributed by atoms with Crippen LogP contribution in [0.2, 0.25) is 0 Å². The van der Waals surface area contributed by atoms with Crippen LogP contribution >= 0.6 is 24.0 Å². The number of halogens is 2. The molecule has 0 bridgehead atoms. The number of rotatable bonds is 9. The third kappa shape index (κ3) is 8.95. The topological polar surface area (TPSA) is 48.9 Å². The molecule has 0 saturated carbocycles. The number of hydrogen-bond acceptors (Lipinski definition) is 3. The fourth-order valence-electron chi connectivity index (χ4n) is 1.99. The van der Waals surface area contributed by atoms with E-state index in [0.29, 0.717) is 18.8 Å². The van der Waals surface area contributed by atoms with Gasteiger partial charge in [0.1, 0.15) is 5.82 Å². The number of anilines is 1. The van der Waals surface area contributed by atoms with Crippen molar-refractivity contribution < 1.29 is 9.13 Å². The van der Waals surface area contributed by atoms with Crippen LogP contribution in [0.1, 0.15) is 13.3 Å². The van der Waals surface area contributed by atoms with Gasteiger partial charge in [0.15, 0.2) is 5.96 Å². The number of nitrogens with zero attached hydrogens (tertiary/aromatic N) is 2. The predicted octanol–water partition coefficient (Wildman–Crippen LogP) is 2.47. The molecular weight excluding hydrogens is 410 g/mol. The predicted molar refractivity (Wildman–Crippen MR) is 106 cm³/mol. The zero-order valence-electron chi connectivity index (χ0n) is 14.1. The smallest absolute Gasteiger partial charge is 0.191 e. The van der Waals surface area contributed by atoms with E-state index in [1.807, 2.05) is 24.9 Å². The molecule has 0 unspecified atom stereocenters. The maximum atomic E-state index is 13.6. The zero-order valence-corrected chi connectivity index (χ0v) is 16.5. The van der Waals surface area contributed by atoms with Gasteiger partial charge in [0, 0.05) is 40.3 Å². The summed E-state index contributed by atoms with van der Waals surface area (Å²) in [6.07, 6.45) is 0.853. The lowest BCUT2D eigenvalue weighted by Gasteiger charge is -2.19. The minimum atomic E-state index is -0.192. The molecule has 0 aliphatic carbocycles. The molecule has 0 spiro atoms. The average molecular weight is 438 g/mol. The molecular formula is C16H28FIN4O. The minimum absolute atomic E-state index is 0. The van der Waals surface area contributed by atoms with Gasteiger partial charge in [-0.1, -0.05) is 12.1 Å². The van der Waals surface area contributed by atoms with E-state index in [0.717, 1.165) is 32.0 Å². The van der Waals surface area contributed by atoms with Gasteiger partial charge in [-0.2, -0.15) is 0 Å². The van der Waals surface area contributed by atoms with Crippen LogP contribution < -0.4 is 15.5 Å². The SMILES string of the molecule is CCNC(=NCCCN(C)c1ccccc1F)NCCOC.I. The van der Waals surface area contributed by atoms with Crippen molar-refractivity contribution in [3.63, 3.8) is 0 Å². The van der Waals surface area contributed by atoms with E-state index in [1.165, 1.54) is 6.07 Å². The molecule has 0 radical (unpaired) electrons. The fourth-order valence-corrected chi connectivity index (χ4v) is 1.99. The van der Waals surface area contributed by atoms with Crippen molar-refractivity contribution in [2.75, 3.05) is 51.8 Å². The number of hydrogen-bond donors (Lipinski definition) is 2. The first-order valence-corrected chi connectivity index (χ1v) is 7.65. The van der Waals surface area contributed by atoms with E-state index < -0.39 is 0 Å².